The summed E-state index contributed by atoms with van der Waals surface area (Å²) in [5, 5.41) is 12.4. The Bertz CT molecular complexity index is 657. The molecular formula is C17H18N2O. The number of nitrogens with zero attached hydrogens (tertiary/aromatic N) is 1. The molecule has 3 heteroatoms. The predicted molar refractivity (Wildman–Crippen MR) is 81.0 cm³/mol. The number of hydrogen-bond donors (Lipinski definition) is 1. The summed E-state index contributed by atoms with van der Waals surface area (Å²) < 4.78 is 5.34. The number of hydrogen-bond acceptors (Lipinski definition) is 3. The summed E-state index contributed by atoms with van der Waals surface area (Å²) in [5.41, 5.74) is 5.22. The molecule has 0 spiro atoms. The highest BCUT2D eigenvalue weighted by Gasteiger charge is 2.06. The number of nitrogens with one attached hydrogen (secondary N) is 1. The third-order valence-corrected chi connectivity index (χ3v) is 3.48. The van der Waals surface area contributed by atoms with Crippen LogP contribution >= 0.6 is 0 Å². The number of nitriles is 1. The standard InChI is InChI=1S/C17H18N2O/c1-12-5-4-6-16(13(12)2)19-11-15-9-14(10-18)7-8-17(15)20-3/h4-9,19H,11H2,1-3H3. The van der Waals surface area contributed by atoms with Crippen molar-refractivity contribution in [1.29, 1.82) is 5.26 Å². The Morgan fingerprint density at radius 1 is 1.20 bits per heavy atom. The largest absolute Gasteiger partial charge is 0.496 e. The first-order valence-corrected chi connectivity index (χ1v) is 6.53. The molecule has 0 aromatic heterocycles. The second-order valence-corrected chi connectivity index (χ2v) is 4.74. The van der Waals surface area contributed by atoms with Crippen LogP contribution in [0.2, 0.25) is 0 Å². The predicted octanol–water partition coefficient (Wildman–Crippen LogP) is 3.80. The number of anilines is 1. The molecule has 0 saturated heterocycles. The van der Waals surface area contributed by atoms with Crippen LogP contribution in [-0.4, -0.2) is 7.11 Å². The van der Waals surface area contributed by atoms with E-state index in [-0.39, 0.29) is 0 Å². The Morgan fingerprint density at radius 2 is 2.00 bits per heavy atom. The first kappa shape index (κ1) is 14.0. The van der Waals surface area contributed by atoms with Gasteiger partial charge < -0.3 is 10.1 Å². The topological polar surface area (TPSA) is 45.0 Å². The SMILES string of the molecule is COc1ccc(C#N)cc1CNc1cccc(C)c1C. The second kappa shape index (κ2) is 6.12. The Balaban J connectivity index is 2.22. The van der Waals surface area contributed by atoms with E-state index in [1.807, 2.05) is 18.2 Å². The molecule has 0 atom stereocenters. The maximum atomic E-state index is 8.98. The first-order valence-electron chi connectivity index (χ1n) is 6.53. The lowest BCUT2D eigenvalue weighted by Crippen LogP contribution is -2.04. The van der Waals surface area contributed by atoms with E-state index in [2.05, 4.69) is 37.4 Å². The molecule has 2 aromatic rings. The van der Waals surface area contributed by atoms with Crippen LogP contribution < -0.4 is 10.1 Å². The van der Waals surface area contributed by atoms with Gasteiger partial charge in [-0.3, -0.25) is 0 Å². The average molecular weight is 266 g/mol. The fourth-order valence-electron chi connectivity index (χ4n) is 2.12. The minimum Gasteiger partial charge on any atom is -0.496 e. The van der Waals surface area contributed by atoms with Gasteiger partial charge >= 0.3 is 0 Å². The fraction of sp³-hybridized carbons (Fsp3) is 0.235. The summed E-state index contributed by atoms with van der Waals surface area (Å²) in [6.45, 7) is 4.82. The highest BCUT2D eigenvalue weighted by molar-refractivity contribution is 5.54. The van der Waals surface area contributed by atoms with E-state index in [9.17, 15) is 0 Å². The molecule has 2 rings (SSSR count). The van der Waals surface area contributed by atoms with Gasteiger partial charge in [0.25, 0.3) is 0 Å². The summed E-state index contributed by atoms with van der Waals surface area (Å²) in [5.74, 6) is 0.793. The normalized spacial score (nSPS) is 9.90. The first-order chi connectivity index (χ1) is 9.65. The summed E-state index contributed by atoms with van der Waals surface area (Å²) >= 11 is 0. The molecule has 0 bridgehead atoms. The van der Waals surface area contributed by atoms with Crippen molar-refractivity contribution in [2.75, 3.05) is 12.4 Å². The highest BCUT2D eigenvalue weighted by atomic mass is 16.5. The van der Waals surface area contributed by atoms with Gasteiger partial charge in [0, 0.05) is 17.8 Å². The van der Waals surface area contributed by atoms with Crippen LogP contribution in [-0.2, 0) is 6.54 Å². The summed E-state index contributed by atoms with van der Waals surface area (Å²) in [4.78, 5) is 0. The van der Waals surface area contributed by atoms with Gasteiger partial charge in [-0.2, -0.15) is 5.26 Å². The van der Waals surface area contributed by atoms with Gasteiger partial charge in [-0.1, -0.05) is 12.1 Å². The van der Waals surface area contributed by atoms with Crippen molar-refractivity contribution in [3.63, 3.8) is 0 Å². The lowest BCUT2D eigenvalue weighted by atomic mass is 10.1. The molecule has 0 heterocycles. The second-order valence-electron chi connectivity index (χ2n) is 4.74. The van der Waals surface area contributed by atoms with Crippen LogP contribution in [0.4, 0.5) is 5.69 Å². The van der Waals surface area contributed by atoms with Crippen LogP contribution in [0.5, 0.6) is 5.75 Å². The highest BCUT2D eigenvalue weighted by Crippen LogP contribution is 2.23. The summed E-state index contributed by atoms with van der Waals surface area (Å²) in [6.07, 6.45) is 0. The van der Waals surface area contributed by atoms with E-state index in [0.29, 0.717) is 12.1 Å². The fourth-order valence-corrected chi connectivity index (χ4v) is 2.12. The molecule has 0 amide bonds. The van der Waals surface area contributed by atoms with Crippen LogP contribution in [0.15, 0.2) is 36.4 Å². The lowest BCUT2D eigenvalue weighted by molar-refractivity contribution is 0.410. The van der Waals surface area contributed by atoms with Crippen LogP contribution in [0.25, 0.3) is 0 Å². The van der Waals surface area contributed by atoms with E-state index >= 15 is 0 Å². The molecular weight excluding hydrogens is 248 g/mol. The zero-order chi connectivity index (χ0) is 14.5. The Hall–Kier alpha value is -2.47. The molecule has 0 aliphatic carbocycles. The smallest absolute Gasteiger partial charge is 0.123 e. The van der Waals surface area contributed by atoms with Crippen molar-refractivity contribution in [2.24, 2.45) is 0 Å². The molecule has 0 aliphatic rings. The molecule has 3 nitrogen and oxygen atoms in total. The summed E-state index contributed by atoms with van der Waals surface area (Å²) in [6, 6.07) is 13.8. The van der Waals surface area contributed by atoms with Crippen LogP contribution in [0.1, 0.15) is 22.3 Å². The van der Waals surface area contributed by atoms with Crippen molar-refractivity contribution in [1.82, 2.24) is 0 Å². The molecule has 1 N–H and O–H groups in total. The Labute approximate surface area is 119 Å². The maximum Gasteiger partial charge on any atom is 0.123 e. The van der Waals surface area contributed by atoms with Crippen LogP contribution in [0.3, 0.4) is 0 Å². The Morgan fingerprint density at radius 3 is 2.70 bits per heavy atom. The monoisotopic (exact) mass is 266 g/mol. The zero-order valence-corrected chi connectivity index (χ0v) is 12.0. The van der Waals surface area contributed by atoms with Gasteiger partial charge in [0.2, 0.25) is 0 Å². The van der Waals surface area contributed by atoms with E-state index in [4.69, 9.17) is 10.00 Å². The van der Waals surface area contributed by atoms with Gasteiger partial charge in [0.15, 0.2) is 0 Å². The maximum absolute atomic E-state index is 8.98. The molecule has 0 aliphatic heterocycles. The number of ether oxygens (including phenoxy) is 1. The van der Waals surface area contributed by atoms with Gasteiger partial charge in [0.1, 0.15) is 5.75 Å². The molecule has 20 heavy (non-hydrogen) atoms. The van der Waals surface area contributed by atoms with Crippen LogP contribution in [0, 0.1) is 25.2 Å². The van der Waals surface area contributed by atoms with Crippen molar-refractivity contribution in [2.45, 2.75) is 20.4 Å². The Kier molecular flexibility index (Phi) is 4.27. The minimum atomic E-state index is 0.628. The van der Waals surface area contributed by atoms with Crippen molar-refractivity contribution in [3.8, 4) is 11.8 Å². The molecule has 102 valence electrons. The van der Waals surface area contributed by atoms with E-state index < -0.39 is 0 Å². The van der Waals surface area contributed by atoms with E-state index in [1.54, 1.807) is 13.2 Å². The molecule has 0 radical (unpaired) electrons. The van der Waals surface area contributed by atoms with Gasteiger partial charge in [-0.25, -0.2) is 0 Å². The molecule has 0 fully saturated rings. The van der Waals surface area contributed by atoms with E-state index in [1.165, 1.54) is 11.1 Å². The quantitative estimate of drug-likeness (QED) is 0.915. The van der Waals surface area contributed by atoms with Crippen molar-refractivity contribution < 1.29 is 4.74 Å². The molecule has 0 saturated carbocycles. The van der Waals surface area contributed by atoms with Crippen molar-refractivity contribution >= 4 is 5.69 Å². The minimum absolute atomic E-state index is 0.628. The third kappa shape index (κ3) is 2.92. The number of aryl methyl sites for hydroxylation is 1. The number of rotatable bonds is 4. The lowest BCUT2D eigenvalue weighted by Gasteiger charge is -2.13. The number of methoxy groups -OCH3 is 1. The van der Waals surface area contributed by atoms with Gasteiger partial charge in [-0.15, -0.1) is 0 Å². The van der Waals surface area contributed by atoms with Crippen molar-refractivity contribution in [3.05, 3.63) is 58.7 Å². The third-order valence-electron chi connectivity index (χ3n) is 3.48. The van der Waals surface area contributed by atoms with E-state index in [0.717, 1.165) is 17.0 Å². The molecule has 2 aromatic carbocycles. The van der Waals surface area contributed by atoms with Gasteiger partial charge in [0.05, 0.1) is 18.7 Å². The van der Waals surface area contributed by atoms with Gasteiger partial charge in [-0.05, 0) is 49.2 Å². The average Bonchev–Trinajstić information content (AvgIpc) is 2.48. The summed E-state index contributed by atoms with van der Waals surface area (Å²) in [7, 11) is 1.64. The molecule has 0 unspecified atom stereocenters. The zero-order valence-electron chi connectivity index (χ0n) is 12.0. The number of benzene rings is 2.